The van der Waals surface area contributed by atoms with Crippen molar-refractivity contribution < 1.29 is 18.0 Å². The molecule has 1 N–H and O–H groups in total. The molecule has 0 bridgehead atoms. The number of amides is 2. The molecular formula is C23H34N2O5S. The second kappa shape index (κ2) is 9.67. The van der Waals surface area contributed by atoms with Gasteiger partial charge < -0.3 is 4.57 Å². The highest BCUT2D eigenvalue weighted by Crippen LogP contribution is 2.31. The summed E-state index contributed by atoms with van der Waals surface area (Å²) < 4.78 is 27.2. The number of sulfone groups is 1. The molecule has 1 atom stereocenters. The molecule has 1 aromatic heterocycles. The fraction of sp³-hybridized carbons (Fsp3) is 0.696. The minimum absolute atomic E-state index is 0.0365. The summed E-state index contributed by atoms with van der Waals surface area (Å²) in [6.07, 6.45) is 7.86. The van der Waals surface area contributed by atoms with E-state index in [9.17, 15) is 22.8 Å². The molecule has 1 aliphatic carbocycles. The molecule has 2 amide bonds. The van der Waals surface area contributed by atoms with Crippen LogP contribution in [0.5, 0.6) is 0 Å². The van der Waals surface area contributed by atoms with Gasteiger partial charge in [-0.05, 0) is 43.6 Å². The fourth-order valence-corrected chi connectivity index (χ4v) is 6.32. The standard InChI is InChI=1S/C23H34N2O5S/c1-23(2,19-10-12-21(27)25(15-19)14-17-7-8-17)16-31(29,30)13-5-3-4-6-18-9-11-20(26)24-22(18)28/h10,12,15,17-18H,3-9,11,13-14,16H2,1-2H3,(H,24,26,28). The predicted octanol–water partition coefficient (Wildman–Crippen LogP) is 2.56. The number of imide groups is 1. The lowest BCUT2D eigenvalue weighted by atomic mass is 9.88. The molecule has 1 saturated carbocycles. The van der Waals surface area contributed by atoms with Gasteiger partial charge in [-0.15, -0.1) is 0 Å². The lowest BCUT2D eigenvalue weighted by Gasteiger charge is -2.26. The molecule has 1 saturated heterocycles. The van der Waals surface area contributed by atoms with Crippen LogP contribution in [-0.4, -0.2) is 36.3 Å². The topological polar surface area (TPSA) is 102 Å². The maximum atomic E-state index is 12.7. The van der Waals surface area contributed by atoms with E-state index >= 15 is 0 Å². The van der Waals surface area contributed by atoms with E-state index in [0.717, 1.165) is 31.2 Å². The number of piperidine rings is 1. The van der Waals surface area contributed by atoms with E-state index in [-0.39, 0.29) is 34.8 Å². The van der Waals surface area contributed by atoms with Gasteiger partial charge >= 0.3 is 0 Å². The van der Waals surface area contributed by atoms with Crippen molar-refractivity contribution in [3.8, 4) is 0 Å². The maximum absolute atomic E-state index is 12.7. The molecule has 1 unspecified atom stereocenters. The zero-order valence-electron chi connectivity index (χ0n) is 18.6. The lowest BCUT2D eigenvalue weighted by Crippen LogP contribution is -2.40. The first-order valence-corrected chi connectivity index (χ1v) is 13.1. The summed E-state index contributed by atoms with van der Waals surface area (Å²) >= 11 is 0. The Morgan fingerprint density at radius 1 is 1.06 bits per heavy atom. The molecule has 2 fully saturated rings. The van der Waals surface area contributed by atoms with Crippen LogP contribution < -0.4 is 10.9 Å². The highest BCUT2D eigenvalue weighted by Gasteiger charge is 2.30. The van der Waals surface area contributed by atoms with Crippen LogP contribution in [0, 0.1) is 11.8 Å². The Balaban J connectivity index is 1.47. The summed E-state index contributed by atoms with van der Waals surface area (Å²) in [6.45, 7) is 4.53. The van der Waals surface area contributed by atoms with E-state index in [4.69, 9.17) is 0 Å². The summed E-state index contributed by atoms with van der Waals surface area (Å²) in [5.41, 5.74) is 0.254. The van der Waals surface area contributed by atoms with Crippen LogP contribution in [0.4, 0.5) is 0 Å². The Kier molecular flexibility index (Phi) is 7.39. The Bertz CT molecular complexity index is 976. The van der Waals surface area contributed by atoms with Gasteiger partial charge in [0.25, 0.3) is 5.56 Å². The number of hydrogen-bond donors (Lipinski definition) is 1. The van der Waals surface area contributed by atoms with E-state index in [1.54, 1.807) is 16.7 Å². The van der Waals surface area contributed by atoms with Gasteiger partial charge in [0.1, 0.15) is 0 Å². The van der Waals surface area contributed by atoms with E-state index in [0.29, 0.717) is 38.1 Å². The first-order valence-electron chi connectivity index (χ1n) is 11.3. The van der Waals surface area contributed by atoms with Crippen molar-refractivity contribution in [2.75, 3.05) is 11.5 Å². The second-order valence-corrected chi connectivity index (χ2v) is 12.0. The molecule has 2 aliphatic rings. The average Bonchev–Trinajstić information content (AvgIpc) is 3.48. The molecule has 3 rings (SSSR count). The Morgan fingerprint density at radius 2 is 1.81 bits per heavy atom. The number of unbranched alkanes of at least 4 members (excludes halogenated alkanes) is 2. The van der Waals surface area contributed by atoms with E-state index in [2.05, 4.69) is 5.32 Å². The summed E-state index contributed by atoms with van der Waals surface area (Å²) in [4.78, 5) is 35.1. The minimum atomic E-state index is -3.26. The van der Waals surface area contributed by atoms with Crippen LogP contribution >= 0.6 is 0 Å². The zero-order valence-corrected chi connectivity index (χ0v) is 19.4. The van der Waals surface area contributed by atoms with Gasteiger partial charge in [0.2, 0.25) is 11.8 Å². The van der Waals surface area contributed by atoms with Crippen LogP contribution in [0.2, 0.25) is 0 Å². The summed E-state index contributed by atoms with van der Waals surface area (Å²) in [7, 11) is -3.26. The number of carbonyl (C=O) groups excluding carboxylic acids is 2. The second-order valence-electron chi connectivity index (χ2n) is 9.83. The number of carbonyl (C=O) groups is 2. The van der Waals surface area contributed by atoms with Crippen LogP contribution in [0.1, 0.15) is 70.8 Å². The summed E-state index contributed by atoms with van der Waals surface area (Å²) in [6, 6.07) is 3.29. The fourth-order valence-electron chi connectivity index (χ4n) is 4.26. The van der Waals surface area contributed by atoms with Crippen molar-refractivity contribution in [1.29, 1.82) is 0 Å². The molecule has 1 aromatic rings. The number of pyridine rings is 1. The predicted molar refractivity (Wildman–Crippen MR) is 119 cm³/mol. The number of rotatable bonds is 11. The normalized spacial score (nSPS) is 20.0. The van der Waals surface area contributed by atoms with Gasteiger partial charge in [0, 0.05) is 36.6 Å². The van der Waals surface area contributed by atoms with Gasteiger partial charge in [0.05, 0.1) is 11.5 Å². The largest absolute Gasteiger partial charge is 0.315 e. The van der Waals surface area contributed by atoms with Crippen molar-refractivity contribution in [2.24, 2.45) is 11.8 Å². The van der Waals surface area contributed by atoms with E-state index in [1.165, 1.54) is 0 Å². The third kappa shape index (κ3) is 7.02. The number of aromatic nitrogens is 1. The first kappa shape index (κ1) is 23.7. The van der Waals surface area contributed by atoms with Gasteiger partial charge in [0.15, 0.2) is 9.84 Å². The molecule has 7 nitrogen and oxygen atoms in total. The zero-order chi connectivity index (χ0) is 22.6. The summed E-state index contributed by atoms with van der Waals surface area (Å²) in [5, 5.41) is 2.36. The lowest BCUT2D eigenvalue weighted by molar-refractivity contribution is -0.136. The van der Waals surface area contributed by atoms with Crippen molar-refractivity contribution in [1.82, 2.24) is 9.88 Å². The smallest absolute Gasteiger partial charge is 0.250 e. The van der Waals surface area contributed by atoms with Crippen LogP contribution in [0.3, 0.4) is 0 Å². The van der Waals surface area contributed by atoms with Gasteiger partial charge in [-0.25, -0.2) is 8.42 Å². The third-order valence-electron chi connectivity index (χ3n) is 6.36. The highest BCUT2D eigenvalue weighted by atomic mass is 32.2. The van der Waals surface area contributed by atoms with E-state index in [1.807, 2.05) is 20.0 Å². The Morgan fingerprint density at radius 3 is 2.48 bits per heavy atom. The molecule has 172 valence electrons. The van der Waals surface area contributed by atoms with Crippen LogP contribution in [0.25, 0.3) is 0 Å². The van der Waals surface area contributed by atoms with Crippen molar-refractivity contribution in [3.05, 3.63) is 34.2 Å². The molecule has 8 heteroatoms. The van der Waals surface area contributed by atoms with Gasteiger partial charge in [-0.3, -0.25) is 19.7 Å². The first-order chi connectivity index (χ1) is 14.6. The molecule has 2 heterocycles. The average molecular weight is 451 g/mol. The molecule has 31 heavy (non-hydrogen) atoms. The van der Waals surface area contributed by atoms with Crippen LogP contribution in [0.15, 0.2) is 23.1 Å². The Hall–Kier alpha value is -1.96. The molecule has 0 spiro atoms. The summed E-state index contributed by atoms with van der Waals surface area (Å²) in [5.74, 6) is 0.175. The van der Waals surface area contributed by atoms with Crippen LogP contribution in [-0.2, 0) is 31.4 Å². The van der Waals surface area contributed by atoms with Gasteiger partial charge in [-0.1, -0.05) is 32.8 Å². The molecule has 0 radical (unpaired) electrons. The Labute approximate surface area is 184 Å². The number of nitrogens with zero attached hydrogens (tertiary/aromatic N) is 1. The van der Waals surface area contributed by atoms with Crippen molar-refractivity contribution >= 4 is 21.7 Å². The molecule has 1 aliphatic heterocycles. The highest BCUT2D eigenvalue weighted by molar-refractivity contribution is 7.91. The number of hydrogen-bond acceptors (Lipinski definition) is 5. The molecule has 0 aromatic carbocycles. The van der Waals surface area contributed by atoms with E-state index < -0.39 is 15.3 Å². The quantitative estimate of drug-likeness (QED) is 0.412. The third-order valence-corrected chi connectivity index (χ3v) is 8.43. The van der Waals surface area contributed by atoms with Crippen molar-refractivity contribution in [3.63, 3.8) is 0 Å². The monoisotopic (exact) mass is 450 g/mol. The maximum Gasteiger partial charge on any atom is 0.250 e. The molecular weight excluding hydrogens is 416 g/mol. The number of nitrogens with one attached hydrogen (secondary N) is 1. The SMILES string of the molecule is CC(C)(CS(=O)(=O)CCCCCC1CCC(=O)NC1=O)c1ccc(=O)n(CC2CC2)c1. The van der Waals surface area contributed by atoms with Gasteiger partial charge in [-0.2, -0.15) is 0 Å². The van der Waals surface area contributed by atoms with Crippen molar-refractivity contribution in [2.45, 2.75) is 77.2 Å². The minimum Gasteiger partial charge on any atom is -0.315 e.